The van der Waals surface area contributed by atoms with Gasteiger partial charge in [0.2, 0.25) is 0 Å². The Kier molecular flexibility index (Phi) is 11.1. The van der Waals surface area contributed by atoms with E-state index in [2.05, 4.69) is 17.1 Å². The fraction of sp³-hybridized carbons (Fsp3) is 0.632. The van der Waals surface area contributed by atoms with Crippen molar-refractivity contribution in [3.63, 3.8) is 0 Å². The number of ether oxygens (including phenoxy) is 2. The van der Waals surface area contributed by atoms with E-state index in [-0.39, 0.29) is 12.4 Å². The highest BCUT2D eigenvalue weighted by Crippen LogP contribution is 2.16. The smallest absolute Gasteiger partial charge is 0.411 e. The van der Waals surface area contributed by atoms with Gasteiger partial charge in [-0.3, -0.25) is 10.2 Å². The van der Waals surface area contributed by atoms with Gasteiger partial charge in [-0.15, -0.1) is 12.4 Å². The molecule has 0 saturated carbocycles. The molecule has 2 rings (SSSR count). The predicted octanol–water partition coefficient (Wildman–Crippen LogP) is 4.71. The molecule has 1 aliphatic heterocycles. The monoisotopic (exact) mass is 370 g/mol. The van der Waals surface area contributed by atoms with E-state index < -0.39 is 6.09 Å². The first-order valence-corrected chi connectivity index (χ1v) is 9.17. The second kappa shape index (κ2) is 12.8. The molecule has 25 heavy (non-hydrogen) atoms. The summed E-state index contributed by atoms with van der Waals surface area (Å²) in [5.74, 6) is 0.828. The Morgan fingerprint density at radius 1 is 1.08 bits per heavy atom. The second-order valence-corrected chi connectivity index (χ2v) is 6.24. The molecule has 5 nitrogen and oxygen atoms in total. The molecule has 1 aromatic rings. The van der Waals surface area contributed by atoms with Gasteiger partial charge in [-0.2, -0.15) is 0 Å². The van der Waals surface area contributed by atoms with Crippen molar-refractivity contribution in [1.29, 1.82) is 0 Å². The Labute approximate surface area is 157 Å². The van der Waals surface area contributed by atoms with Crippen molar-refractivity contribution in [2.75, 3.05) is 38.2 Å². The van der Waals surface area contributed by atoms with E-state index >= 15 is 0 Å². The molecule has 6 heteroatoms. The van der Waals surface area contributed by atoms with Crippen LogP contribution in [-0.4, -0.2) is 43.8 Å². The van der Waals surface area contributed by atoms with Crippen molar-refractivity contribution in [3.8, 4) is 5.75 Å². The van der Waals surface area contributed by atoms with Gasteiger partial charge in [0.15, 0.2) is 0 Å². The van der Waals surface area contributed by atoms with Crippen LogP contribution in [0.5, 0.6) is 5.75 Å². The van der Waals surface area contributed by atoms with Gasteiger partial charge in [0.25, 0.3) is 0 Å². The molecule has 1 aromatic carbocycles. The first-order valence-electron chi connectivity index (χ1n) is 9.17. The summed E-state index contributed by atoms with van der Waals surface area (Å²) in [6.07, 6.45) is 6.66. The Morgan fingerprint density at radius 3 is 2.48 bits per heavy atom. The number of nitrogens with zero attached hydrogens (tertiary/aromatic N) is 1. The number of rotatable bonds is 9. The number of likely N-dealkylation sites (tertiary alicyclic amines) is 1. The van der Waals surface area contributed by atoms with Gasteiger partial charge in [0, 0.05) is 12.2 Å². The lowest BCUT2D eigenvalue weighted by atomic mass is 10.1. The summed E-state index contributed by atoms with van der Waals surface area (Å²) in [4.78, 5) is 14.1. The fourth-order valence-electron chi connectivity index (χ4n) is 2.78. The third-order valence-electron chi connectivity index (χ3n) is 4.21. The van der Waals surface area contributed by atoms with Gasteiger partial charge in [0.05, 0.1) is 6.61 Å². The van der Waals surface area contributed by atoms with E-state index in [1.807, 2.05) is 24.3 Å². The van der Waals surface area contributed by atoms with Crippen LogP contribution in [0.25, 0.3) is 0 Å². The topological polar surface area (TPSA) is 50.8 Å². The normalized spacial score (nSPS) is 14.4. The van der Waals surface area contributed by atoms with Crippen molar-refractivity contribution < 1.29 is 14.3 Å². The Morgan fingerprint density at radius 2 is 1.80 bits per heavy atom. The van der Waals surface area contributed by atoms with Gasteiger partial charge in [-0.05, 0) is 56.6 Å². The van der Waals surface area contributed by atoms with Gasteiger partial charge < -0.3 is 9.47 Å². The van der Waals surface area contributed by atoms with E-state index in [4.69, 9.17) is 9.47 Å². The molecule has 0 atom stereocenters. The molecule has 0 unspecified atom stereocenters. The molecule has 1 saturated heterocycles. The SMILES string of the molecule is CCCCCOC(=O)Nc1ccc(OCCN2CCCCC2)cc1.Cl. The predicted molar refractivity (Wildman–Crippen MR) is 104 cm³/mol. The molecule has 1 fully saturated rings. The highest BCUT2D eigenvalue weighted by molar-refractivity contribution is 5.85. The number of hydrogen-bond donors (Lipinski definition) is 1. The Bertz CT molecular complexity index is 476. The van der Waals surface area contributed by atoms with Crippen LogP contribution >= 0.6 is 12.4 Å². The maximum Gasteiger partial charge on any atom is 0.411 e. The lowest BCUT2D eigenvalue weighted by Gasteiger charge is -2.26. The zero-order valence-electron chi connectivity index (χ0n) is 15.2. The number of unbranched alkanes of at least 4 members (excludes halogenated alkanes) is 2. The van der Waals surface area contributed by atoms with Crippen molar-refractivity contribution in [2.45, 2.75) is 45.4 Å². The van der Waals surface area contributed by atoms with Crippen LogP contribution in [0.4, 0.5) is 10.5 Å². The molecule has 0 aromatic heterocycles. The van der Waals surface area contributed by atoms with E-state index in [9.17, 15) is 4.79 Å². The third-order valence-corrected chi connectivity index (χ3v) is 4.21. The largest absolute Gasteiger partial charge is 0.492 e. The average Bonchev–Trinajstić information content (AvgIpc) is 2.61. The fourth-order valence-corrected chi connectivity index (χ4v) is 2.78. The third kappa shape index (κ3) is 8.98. The van der Waals surface area contributed by atoms with Crippen LogP contribution in [0, 0.1) is 0 Å². The zero-order valence-corrected chi connectivity index (χ0v) is 16.0. The molecule has 0 radical (unpaired) electrons. The second-order valence-electron chi connectivity index (χ2n) is 6.24. The highest BCUT2D eigenvalue weighted by Gasteiger charge is 2.09. The maximum atomic E-state index is 11.6. The lowest BCUT2D eigenvalue weighted by molar-refractivity contribution is 0.159. The Hall–Kier alpha value is -1.46. The van der Waals surface area contributed by atoms with Crippen molar-refractivity contribution in [2.24, 2.45) is 0 Å². The minimum absolute atomic E-state index is 0. The summed E-state index contributed by atoms with van der Waals surface area (Å²) in [6, 6.07) is 7.43. The molecule has 1 heterocycles. The van der Waals surface area contributed by atoms with Crippen LogP contribution in [0.2, 0.25) is 0 Å². The average molecular weight is 371 g/mol. The number of benzene rings is 1. The van der Waals surface area contributed by atoms with Crippen LogP contribution in [-0.2, 0) is 4.74 Å². The van der Waals surface area contributed by atoms with E-state index in [1.54, 1.807) is 0 Å². The van der Waals surface area contributed by atoms with Crippen LogP contribution in [0.15, 0.2) is 24.3 Å². The molecule has 0 aliphatic carbocycles. The number of carbonyl (C=O) groups is 1. The lowest BCUT2D eigenvalue weighted by Crippen LogP contribution is -2.33. The van der Waals surface area contributed by atoms with E-state index in [0.717, 1.165) is 37.2 Å². The van der Waals surface area contributed by atoms with Crippen LogP contribution in [0.3, 0.4) is 0 Å². The summed E-state index contributed by atoms with van der Waals surface area (Å²) < 4.78 is 10.9. The number of nitrogens with one attached hydrogen (secondary N) is 1. The molecule has 1 aliphatic rings. The summed E-state index contributed by atoms with van der Waals surface area (Å²) >= 11 is 0. The van der Waals surface area contributed by atoms with Gasteiger partial charge in [0.1, 0.15) is 12.4 Å². The quantitative estimate of drug-likeness (QED) is 0.639. The molecular formula is C19H31ClN2O3. The first-order chi connectivity index (χ1) is 11.8. The van der Waals surface area contributed by atoms with E-state index in [1.165, 1.54) is 32.4 Å². The standard InChI is InChI=1S/C19H30N2O3.ClH/c1-2-3-7-15-24-19(22)20-17-8-10-18(11-9-17)23-16-14-21-12-5-4-6-13-21;/h8-11H,2-7,12-16H2,1H3,(H,20,22);1H. The summed E-state index contributed by atoms with van der Waals surface area (Å²) in [6.45, 7) is 6.64. The molecule has 1 amide bonds. The van der Waals surface area contributed by atoms with E-state index in [0.29, 0.717) is 13.2 Å². The minimum Gasteiger partial charge on any atom is -0.492 e. The van der Waals surface area contributed by atoms with Crippen LogP contribution in [0.1, 0.15) is 45.4 Å². The minimum atomic E-state index is -0.398. The van der Waals surface area contributed by atoms with Crippen molar-refractivity contribution in [1.82, 2.24) is 4.90 Å². The summed E-state index contributed by atoms with van der Waals surface area (Å²) in [5, 5.41) is 2.73. The molecular weight excluding hydrogens is 340 g/mol. The summed E-state index contributed by atoms with van der Waals surface area (Å²) in [7, 11) is 0. The van der Waals surface area contributed by atoms with Crippen molar-refractivity contribution in [3.05, 3.63) is 24.3 Å². The van der Waals surface area contributed by atoms with Gasteiger partial charge in [-0.25, -0.2) is 4.79 Å². The number of anilines is 1. The van der Waals surface area contributed by atoms with Gasteiger partial charge >= 0.3 is 6.09 Å². The Balaban J connectivity index is 0.00000312. The highest BCUT2D eigenvalue weighted by atomic mass is 35.5. The molecule has 142 valence electrons. The summed E-state index contributed by atoms with van der Waals surface area (Å²) in [5.41, 5.74) is 0.721. The molecule has 0 spiro atoms. The number of piperidine rings is 1. The molecule has 0 bridgehead atoms. The number of hydrogen-bond acceptors (Lipinski definition) is 4. The van der Waals surface area contributed by atoms with Crippen LogP contribution < -0.4 is 10.1 Å². The number of carbonyl (C=O) groups excluding carboxylic acids is 1. The number of halogens is 1. The maximum absolute atomic E-state index is 11.6. The van der Waals surface area contributed by atoms with Gasteiger partial charge in [-0.1, -0.05) is 26.2 Å². The van der Waals surface area contributed by atoms with Crippen molar-refractivity contribution >= 4 is 24.2 Å². The molecule has 1 N–H and O–H groups in total. The first kappa shape index (κ1) is 21.6. The number of amides is 1. The zero-order chi connectivity index (χ0) is 17.0.